The molecule has 0 unspecified atom stereocenters. The molecule has 0 spiro atoms. The zero-order chi connectivity index (χ0) is 32.2. The molecule has 0 aromatic heterocycles. The first-order valence-corrected chi connectivity index (χ1v) is 16.0. The van der Waals surface area contributed by atoms with Crippen molar-refractivity contribution in [3.63, 3.8) is 0 Å². The van der Waals surface area contributed by atoms with E-state index in [4.69, 9.17) is 28.4 Å². The first-order valence-electron chi connectivity index (χ1n) is 16.0. The molecule has 0 amide bonds. The number of hydrogen-bond donors (Lipinski definition) is 0. The lowest BCUT2D eigenvalue weighted by Gasteiger charge is -2.30. The quantitative estimate of drug-likeness (QED) is 0.228. The fourth-order valence-corrected chi connectivity index (χ4v) is 5.52. The van der Waals surface area contributed by atoms with Gasteiger partial charge in [-0.05, 0) is 12.1 Å². The average Bonchev–Trinajstić information content (AvgIpc) is 3.04. The van der Waals surface area contributed by atoms with Crippen LogP contribution in [-0.4, -0.2) is 81.0 Å². The van der Waals surface area contributed by atoms with Gasteiger partial charge in [-0.15, -0.1) is 0 Å². The van der Waals surface area contributed by atoms with E-state index in [2.05, 4.69) is 101 Å². The molecule has 8 heteroatoms. The van der Waals surface area contributed by atoms with Crippen LogP contribution in [0.5, 0.6) is 23.0 Å². The molecule has 1 heterocycles. The summed E-state index contributed by atoms with van der Waals surface area (Å²) in [6.45, 7) is 4.97. The highest BCUT2D eigenvalue weighted by atomic mass is 16.6. The van der Waals surface area contributed by atoms with Crippen LogP contribution in [0, 0.1) is 0 Å². The Kier molecular flexibility index (Phi) is 11.5. The van der Waals surface area contributed by atoms with Crippen LogP contribution in [0.15, 0.2) is 97.1 Å². The van der Waals surface area contributed by atoms with Gasteiger partial charge in [0.2, 0.25) is 0 Å². The van der Waals surface area contributed by atoms with Crippen molar-refractivity contribution in [3.8, 4) is 23.0 Å². The van der Waals surface area contributed by atoms with Crippen molar-refractivity contribution in [2.75, 3.05) is 81.0 Å². The number of benzene rings is 4. The molecule has 4 aromatic rings. The van der Waals surface area contributed by atoms with Gasteiger partial charge in [-0.1, -0.05) is 60.7 Å². The van der Waals surface area contributed by atoms with E-state index in [1.807, 2.05) is 24.3 Å². The third-order valence-corrected chi connectivity index (χ3v) is 8.03. The van der Waals surface area contributed by atoms with E-state index < -0.39 is 0 Å². The fraction of sp³-hybridized carbons (Fsp3) is 0.368. The zero-order valence-corrected chi connectivity index (χ0v) is 27.7. The standard InChI is InChI=1S/C38H48N2O6/c1-39(2,29-31-11-7-5-8-12-31)33-15-17-35-37(27-33)45-25-21-42-22-26-46-38-28-34(40(3,4)30-32-13-9-6-10-14-32)16-18-36(38)44-24-20-41-19-23-43-35/h5-18,27-28H,19-26,29-30H2,1-4H3/q+2. The van der Waals surface area contributed by atoms with Gasteiger partial charge in [0, 0.05) is 35.4 Å². The van der Waals surface area contributed by atoms with Crippen LogP contribution < -0.4 is 27.9 Å². The maximum Gasteiger partial charge on any atom is 0.167 e. The molecule has 0 atom stereocenters. The zero-order valence-electron chi connectivity index (χ0n) is 27.7. The molecule has 1 aliphatic rings. The highest BCUT2D eigenvalue weighted by Gasteiger charge is 2.24. The summed E-state index contributed by atoms with van der Waals surface area (Å²) in [6, 6.07) is 33.3. The van der Waals surface area contributed by atoms with E-state index >= 15 is 0 Å². The van der Waals surface area contributed by atoms with Crippen molar-refractivity contribution >= 4 is 11.4 Å². The van der Waals surface area contributed by atoms with E-state index in [1.54, 1.807) is 0 Å². The van der Waals surface area contributed by atoms with Crippen molar-refractivity contribution in [1.29, 1.82) is 0 Å². The van der Waals surface area contributed by atoms with Crippen LogP contribution in [0.3, 0.4) is 0 Å². The monoisotopic (exact) mass is 628 g/mol. The van der Waals surface area contributed by atoms with Crippen LogP contribution >= 0.6 is 0 Å². The Labute approximate surface area is 273 Å². The highest BCUT2D eigenvalue weighted by Crippen LogP contribution is 2.36. The number of nitrogens with zero attached hydrogens (tertiary/aromatic N) is 2. The molecule has 0 saturated carbocycles. The van der Waals surface area contributed by atoms with Gasteiger partial charge in [-0.3, -0.25) is 8.97 Å². The SMILES string of the molecule is C[N+](C)(Cc1ccccc1)c1ccc2c(c1)OCCOCCOc1cc([N+](C)(C)Cc3ccccc3)ccc1OCCOCCO2. The molecule has 0 fully saturated rings. The second-order valence-corrected chi connectivity index (χ2v) is 12.5. The number of hydrogen-bond acceptors (Lipinski definition) is 6. The summed E-state index contributed by atoms with van der Waals surface area (Å²) < 4.78 is 37.7. The van der Waals surface area contributed by atoms with Gasteiger partial charge in [-0.2, -0.15) is 0 Å². The Balaban J connectivity index is 1.23. The van der Waals surface area contributed by atoms with Gasteiger partial charge >= 0.3 is 0 Å². The minimum atomic E-state index is 0.386. The molecule has 1 aliphatic heterocycles. The summed E-state index contributed by atoms with van der Waals surface area (Å²) in [5, 5.41) is 0. The summed E-state index contributed by atoms with van der Waals surface area (Å²) in [5.41, 5.74) is 4.79. The van der Waals surface area contributed by atoms with E-state index in [1.165, 1.54) is 11.1 Å². The van der Waals surface area contributed by atoms with Gasteiger partial charge in [0.15, 0.2) is 23.0 Å². The van der Waals surface area contributed by atoms with E-state index in [0.717, 1.165) is 24.5 Å². The van der Waals surface area contributed by atoms with Crippen LogP contribution in [0.4, 0.5) is 11.4 Å². The maximum atomic E-state index is 6.21. The van der Waals surface area contributed by atoms with E-state index in [-0.39, 0.29) is 0 Å². The molecule has 0 N–H and O–H groups in total. The lowest BCUT2D eigenvalue weighted by Crippen LogP contribution is -2.39. The predicted molar refractivity (Wildman–Crippen MR) is 184 cm³/mol. The largest absolute Gasteiger partial charge is 0.487 e. The third-order valence-electron chi connectivity index (χ3n) is 8.03. The van der Waals surface area contributed by atoms with Gasteiger partial charge in [0.25, 0.3) is 0 Å². The Hall–Kier alpha value is -4.08. The number of fused-ring (bicyclic) bond motifs is 2. The normalized spacial score (nSPS) is 15.4. The molecular formula is C38H48N2O6+2. The summed E-state index contributed by atoms with van der Waals surface area (Å²) in [7, 11) is 8.78. The first-order chi connectivity index (χ1) is 22.3. The number of rotatable bonds is 6. The van der Waals surface area contributed by atoms with E-state index in [0.29, 0.717) is 84.8 Å². The molecule has 0 saturated heterocycles. The van der Waals surface area contributed by atoms with Crippen molar-refractivity contribution < 1.29 is 28.4 Å². The molecule has 5 rings (SSSR count). The molecule has 244 valence electrons. The van der Waals surface area contributed by atoms with Crippen molar-refractivity contribution in [1.82, 2.24) is 8.97 Å². The smallest absolute Gasteiger partial charge is 0.167 e. The highest BCUT2D eigenvalue weighted by molar-refractivity contribution is 5.55. The molecule has 0 bridgehead atoms. The Morgan fingerprint density at radius 2 is 0.761 bits per heavy atom. The van der Waals surface area contributed by atoms with Crippen molar-refractivity contribution in [3.05, 3.63) is 108 Å². The van der Waals surface area contributed by atoms with Gasteiger partial charge in [0.05, 0.1) is 54.6 Å². The third kappa shape index (κ3) is 9.47. The molecule has 0 aliphatic carbocycles. The Morgan fingerprint density at radius 1 is 0.413 bits per heavy atom. The Bertz CT molecular complexity index is 1400. The summed E-state index contributed by atoms with van der Waals surface area (Å²) in [4.78, 5) is 0. The second-order valence-electron chi connectivity index (χ2n) is 12.5. The van der Waals surface area contributed by atoms with Crippen LogP contribution in [-0.2, 0) is 22.6 Å². The summed E-state index contributed by atoms with van der Waals surface area (Å²) >= 11 is 0. The van der Waals surface area contributed by atoms with Crippen molar-refractivity contribution in [2.24, 2.45) is 0 Å². The lowest BCUT2D eigenvalue weighted by atomic mass is 10.1. The molecule has 46 heavy (non-hydrogen) atoms. The molecule has 4 aromatic carbocycles. The van der Waals surface area contributed by atoms with Gasteiger partial charge in [0.1, 0.15) is 50.9 Å². The Morgan fingerprint density at radius 3 is 1.13 bits per heavy atom. The summed E-state index contributed by atoms with van der Waals surface area (Å²) in [6.07, 6.45) is 0. The minimum Gasteiger partial charge on any atom is -0.487 e. The molecule has 0 radical (unpaired) electrons. The first kappa shape index (κ1) is 33.3. The van der Waals surface area contributed by atoms with Crippen LogP contribution in [0.2, 0.25) is 0 Å². The summed E-state index contributed by atoms with van der Waals surface area (Å²) in [5.74, 6) is 2.76. The van der Waals surface area contributed by atoms with E-state index in [9.17, 15) is 0 Å². The maximum absolute atomic E-state index is 6.21. The average molecular weight is 629 g/mol. The van der Waals surface area contributed by atoms with Gasteiger partial charge < -0.3 is 28.4 Å². The topological polar surface area (TPSA) is 55.4 Å². The second kappa shape index (κ2) is 16.0. The van der Waals surface area contributed by atoms with Crippen molar-refractivity contribution in [2.45, 2.75) is 13.1 Å². The fourth-order valence-electron chi connectivity index (χ4n) is 5.52. The molecule has 8 nitrogen and oxygen atoms in total. The predicted octanol–water partition coefficient (Wildman–Crippen LogP) is 6.48. The number of ether oxygens (including phenoxy) is 6. The molecular weight excluding hydrogens is 580 g/mol. The van der Waals surface area contributed by atoms with Crippen LogP contribution in [0.1, 0.15) is 11.1 Å². The van der Waals surface area contributed by atoms with Gasteiger partial charge in [-0.25, -0.2) is 0 Å². The number of quaternary nitrogens is 2. The minimum absolute atomic E-state index is 0.386. The van der Waals surface area contributed by atoms with Crippen LogP contribution in [0.25, 0.3) is 0 Å². The lowest BCUT2D eigenvalue weighted by molar-refractivity contribution is 0.0639.